The molecule has 1 aliphatic carbocycles. The van der Waals surface area contributed by atoms with Gasteiger partial charge in [-0.15, -0.1) is 0 Å². The number of aldehydes is 1. The largest absolute Gasteiger partial charge is 0.484 e. The van der Waals surface area contributed by atoms with Gasteiger partial charge in [0.15, 0.2) is 11.4 Å². The number of nitrogens with zero attached hydrogens (tertiary/aromatic N) is 2. The summed E-state index contributed by atoms with van der Waals surface area (Å²) in [5.74, 6) is 0.784. The topological polar surface area (TPSA) is 81.2 Å². The SMILES string of the molecule is O=CCNC(=O)c1nc(Cc2ccc(-c3ccccc3)cc2)nc(C2CC2)c1OCc1ccccc1. The predicted octanol–water partition coefficient (Wildman–Crippen LogP) is 5.12. The second-order valence-electron chi connectivity index (χ2n) is 8.87. The number of carbonyl (C=O) groups excluding carboxylic acids is 2. The van der Waals surface area contributed by atoms with Crippen molar-refractivity contribution >= 4 is 12.2 Å². The molecule has 0 saturated heterocycles. The van der Waals surface area contributed by atoms with E-state index in [2.05, 4.69) is 46.7 Å². The van der Waals surface area contributed by atoms with Crippen LogP contribution in [0.2, 0.25) is 0 Å². The number of hydrogen-bond donors (Lipinski definition) is 1. The first-order valence-electron chi connectivity index (χ1n) is 12.1. The van der Waals surface area contributed by atoms with Gasteiger partial charge in [0.05, 0.1) is 12.2 Å². The molecule has 180 valence electrons. The van der Waals surface area contributed by atoms with E-state index in [0.29, 0.717) is 30.9 Å². The van der Waals surface area contributed by atoms with Crippen LogP contribution in [-0.2, 0) is 17.8 Å². The number of hydrogen-bond acceptors (Lipinski definition) is 5. The van der Waals surface area contributed by atoms with E-state index in [9.17, 15) is 9.59 Å². The molecule has 0 aliphatic heterocycles. The third-order valence-electron chi connectivity index (χ3n) is 6.11. The van der Waals surface area contributed by atoms with Crippen LogP contribution in [0.25, 0.3) is 11.1 Å². The Balaban J connectivity index is 1.45. The van der Waals surface area contributed by atoms with E-state index in [1.54, 1.807) is 0 Å². The van der Waals surface area contributed by atoms with Crippen molar-refractivity contribution in [2.45, 2.75) is 31.8 Å². The maximum atomic E-state index is 13.0. The van der Waals surface area contributed by atoms with Crippen LogP contribution in [0.15, 0.2) is 84.9 Å². The number of amides is 1. The van der Waals surface area contributed by atoms with Gasteiger partial charge in [-0.3, -0.25) is 4.79 Å². The molecule has 3 aromatic carbocycles. The Morgan fingerprint density at radius 2 is 1.53 bits per heavy atom. The molecule has 1 aliphatic rings. The lowest BCUT2D eigenvalue weighted by Gasteiger charge is -2.16. The van der Waals surface area contributed by atoms with Crippen LogP contribution < -0.4 is 10.1 Å². The van der Waals surface area contributed by atoms with E-state index in [0.717, 1.165) is 40.8 Å². The standard InChI is InChI=1S/C30H27N3O3/c34-18-17-31-30(35)28-29(36-20-22-7-3-1-4-8-22)27(25-15-16-25)32-26(33-28)19-21-11-13-24(14-12-21)23-9-5-2-6-10-23/h1-14,18,25H,15-17,19-20H2,(H,31,35). The van der Waals surface area contributed by atoms with Gasteiger partial charge in [0, 0.05) is 12.3 Å². The Labute approximate surface area is 210 Å². The Bertz CT molecular complexity index is 1340. The molecule has 5 rings (SSSR count). The molecule has 1 heterocycles. The van der Waals surface area contributed by atoms with Crippen molar-refractivity contribution in [1.29, 1.82) is 0 Å². The predicted molar refractivity (Wildman–Crippen MR) is 138 cm³/mol. The molecule has 0 spiro atoms. The average Bonchev–Trinajstić information content (AvgIpc) is 3.78. The lowest BCUT2D eigenvalue weighted by molar-refractivity contribution is -0.107. The highest BCUT2D eigenvalue weighted by Gasteiger charge is 2.33. The Morgan fingerprint density at radius 1 is 0.861 bits per heavy atom. The van der Waals surface area contributed by atoms with Gasteiger partial charge in [-0.25, -0.2) is 9.97 Å². The van der Waals surface area contributed by atoms with Crippen molar-refractivity contribution in [2.75, 3.05) is 6.54 Å². The second-order valence-corrected chi connectivity index (χ2v) is 8.87. The summed E-state index contributed by atoms with van der Waals surface area (Å²) in [4.78, 5) is 33.4. The van der Waals surface area contributed by atoms with Crippen molar-refractivity contribution in [3.63, 3.8) is 0 Å². The molecule has 1 amide bonds. The minimum Gasteiger partial charge on any atom is -0.484 e. The molecule has 4 aromatic rings. The smallest absolute Gasteiger partial charge is 0.274 e. The van der Waals surface area contributed by atoms with Gasteiger partial charge in [0.1, 0.15) is 18.7 Å². The van der Waals surface area contributed by atoms with E-state index < -0.39 is 5.91 Å². The van der Waals surface area contributed by atoms with Gasteiger partial charge in [-0.2, -0.15) is 0 Å². The van der Waals surface area contributed by atoms with Gasteiger partial charge in [-0.1, -0.05) is 84.9 Å². The quantitative estimate of drug-likeness (QED) is 0.321. The van der Waals surface area contributed by atoms with Gasteiger partial charge >= 0.3 is 0 Å². The van der Waals surface area contributed by atoms with Crippen molar-refractivity contribution in [3.8, 4) is 16.9 Å². The van der Waals surface area contributed by atoms with Gasteiger partial charge in [-0.05, 0) is 35.1 Å². The summed E-state index contributed by atoms with van der Waals surface area (Å²) in [7, 11) is 0. The minimum atomic E-state index is -0.435. The molecular formula is C30H27N3O3. The zero-order chi connectivity index (χ0) is 24.7. The molecule has 0 atom stereocenters. The average molecular weight is 478 g/mol. The van der Waals surface area contributed by atoms with E-state index in [4.69, 9.17) is 9.72 Å². The number of nitrogens with one attached hydrogen (secondary N) is 1. The highest BCUT2D eigenvalue weighted by molar-refractivity contribution is 5.96. The summed E-state index contributed by atoms with van der Waals surface area (Å²) >= 11 is 0. The molecule has 0 unspecified atom stereocenters. The summed E-state index contributed by atoms with van der Waals surface area (Å²) < 4.78 is 6.15. The van der Waals surface area contributed by atoms with Crippen LogP contribution >= 0.6 is 0 Å². The zero-order valence-corrected chi connectivity index (χ0v) is 19.9. The monoisotopic (exact) mass is 477 g/mol. The van der Waals surface area contributed by atoms with E-state index in [1.165, 1.54) is 0 Å². The number of ether oxygens (including phenoxy) is 1. The maximum absolute atomic E-state index is 13.0. The number of benzene rings is 3. The van der Waals surface area contributed by atoms with Crippen molar-refractivity contribution in [3.05, 3.63) is 113 Å². The molecule has 1 saturated carbocycles. The molecule has 1 N–H and O–H groups in total. The molecule has 6 nitrogen and oxygen atoms in total. The fraction of sp³-hybridized carbons (Fsp3) is 0.200. The van der Waals surface area contributed by atoms with Crippen molar-refractivity contribution < 1.29 is 14.3 Å². The molecular weight excluding hydrogens is 450 g/mol. The number of rotatable bonds is 10. The molecule has 1 aromatic heterocycles. The van der Waals surface area contributed by atoms with Crippen molar-refractivity contribution in [2.24, 2.45) is 0 Å². The zero-order valence-electron chi connectivity index (χ0n) is 19.9. The minimum absolute atomic E-state index is 0.0873. The molecule has 0 bridgehead atoms. The number of aromatic nitrogens is 2. The fourth-order valence-corrected chi connectivity index (χ4v) is 4.10. The third kappa shape index (κ3) is 5.66. The second kappa shape index (κ2) is 11.0. The summed E-state index contributed by atoms with van der Waals surface area (Å²) in [5, 5.41) is 2.61. The first kappa shape index (κ1) is 23.4. The lowest BCUT2D eigenvalue weighted by Crippen LogP contribution is -2.28. The van der Waals surface area contributed by atoms with Gasteiger partial charge in [0.2, 0.25) is 0 Å². The van der Waals surface area contributed by atoms with E-state index in [1.807, 2.05) is 48.5 Å². The Hall–Kier alpha value is -4.32. The molecule has 6 heteroatoms. The highest BCUT2D eigenvalue weighted by atomic mass is 16.5. The van der Waals surface area contributed by atoms with E-state index >= 15 is 0 Å². The van der Waals surface area contributed by atoms with Crippen LogP contribution in [0, 0.1) is 0 Å². The summed E-state index contributed by atoms with van der Waals surface area (Å²) in [6.07, 6.45) is 3.14. The van der Waals surface area contributed by atoms with Crippen LogP contribution in [0.1, 0.15) is 51.9 Å². The lowest BCUT2D eigenvalue weighted by atomic mass is 10.0. The number of carbonyl (C=O) groups is 2. The molecule has 0 radical (unpaired) electrons. The Morgan fingerprint density at radius 3 is 2.19 bits per heavy atom. The first-order chi connectivity index (χ1) is 17.7. The van der Waals surface area contributed by atoms with Crippen LogP contribution in [0.5, 0.6) is 5.75 Å². The molecule has 1 fully saturated rings. The van der Waals surface area contributed by atoms with Crippen LogP contribution in [0.4, 0.5) is 0 Å². The summed E-state index contributed by atoms with van der Waals surface area (Å²) in [6, 6.07) is 28.3. The highest BCUT2D eigenvalue weighted by Crippen LogP contribution is 2.44. The van der Waals surface area contributed by atoms with Crippen LogP contribution in [-0.4, -0.2) is 28.7 Å². The fourth-order valence-electron chi connectivity index (χ4n) is 4.10. The third-order valence-corrected chi connectivity index (χ3v) is 6.11. The van der Waals surface area contributed by atoms with Crippen molar-refractivity contribution in [1.82, 2.24) is 15.3 Å². The maximum Gasteiger partial charge on any atom is 0.274 e. The normalized spacial score (nSPS) is 12.7. The Kier molecular flexibility index (Phi) is 7.12. The van der Waals surface area contributed by atoms with Crippen LogP contribution in [0.3, 0.4) is 0 Å². The van der Waals surface area contributed by atoms with Gasteiger partial charge in [0.25, 0.3) is 5.91 Å². The van der Waals surface area contributed by atoms with Gasteiger partial charge < -0.3 is 14.8 Å². The summed E-state index contributed by atoms with van der Waals surface area (Å²) in [5.41, 5.74) is 5.28. The summed E-state index contributed by atoms with van der Waals surface area (Å²) in [6.45, 7) is 0.216. The first-order valence-corrected chi connectivity index (χ1v) is 12.1. The van der Waals surface area contributed by atoms with E-state index in [-0.39, 0.29) is 18.2 Å². The molecule has 36 heavy (non-hydrogen) atoms.